The summed E-state index contributed by atoms with van der Waals surface area (Å²) in [7, 11) is 0. The molecule has 0 saturated carbocycles. The van der Waals surface area contributed by atoms with Crippen LogP contribution in [0.4, 0.5) is 0 Å². The van der Waals surface area contributed by atoms with Crippen LogP contribution in [0.3, 0.4) is 0 Å². The monoisotopic (exact) mass is 481 g/mol. The van der Waals surface area contributed by atoms with Crippen molar-refractivity contribution in [3.63, 3.8) is 0 Å². The average Bonchev–Trinajstić information content (AvgIpc) is 0. The maximum atomic E-state index is 0. The third-order valence-electron chi connectivity index (χ3n) is 0. The molecule has 0 aliphatic rings. The Hall–Kier alpha value is 2.92. The second-order valence-corrected chi connectivity index (χ2v) is 0. The van der Waals surface area contributed by atoms with Crippen LogP contribution in [0, 0.1) is 0 Å². The van der Waals surface area contributed by atoms with E-state index >= 15 is 0 Å². The minimum atomic E-state index is 0. The van der Waals surface area contributed by atoms with Gasteiger partial charge in [-0.25, -0.2) is 0 Å². The summed E-state index contributed by atoms with van der Waals surface area (Å²) in [5.74, 6) is 0. The first-order valence-electron chi connectivity index (χ1n) is 0. The van der Waals surface area contributed by atoms with E-state index in [1.165, 1.54) is 0 Å². The molecule has 0 atom stereocenters. The molecule has 4 heavy (non-hydrogen) atoms. The first-order valence-corrected chi connectivity index (χ1v) is 0. The zero-order valence-corrected chi connectivity index (χ0v) is 10.2. The van der Waals surface area contributed by atoms with Crippen LogP contribution in [0.25, 0.3) is 0 Å². The standard InChI is InChI=1S/Ag.Au.Cd.Cu. The fourth-order valence-corrected chi connectivity index (χ4v) is 0. The van der Waals surface area contributed by atoms with Crippen LogP contribution in [0.1, 0.15) is 0 Å². The van der Waals surface area contributed by atoms with Crippen LogP contribution < -0.4 is 0 Å². The third-order valence-corrected chi connectivity index (χ3v) is 0. The maximum Gasteiger partial charge on any atom is 0 e. The minimum Gasteiger partial charge on any atom is 0 e. The van der Waals surface area contributed by atoms with E-state index in [-0.39, 0.29) is 89.1 Å². The SMILES string of the molecule is [Ag].[Au].[Cd].[Cu]. The first-order chi connectivity index (χ1) is 0. The average molecular weight is 481 g/mol. The number of hydrogen-bond donors (Lipinski definition) is 0. The summed E-state index contributed by atoms with van der Waals surface area (Å²) < 4.78 is 0. The van der Waals surface area contributed by atoms with Gasteiger partial charge < -0.3 is 0 Å². The molecule has 0 nitrogen and oxygen atoms in total. The molecular formula is AgAuCdCu. The first kappa shape index (κ1) is 28.4. The van der Waals surface area contributed by atoms with Gasteiger partial charge in [-0.3, -0.25) is 0 Å². The summed E-state index contributed by atoms with van der Waals surface area (Å²) in [5, 5.41) is 0. The second kappa shape index (κ2) is 16.8. The minimum absolute atomic E-state index is 0. The van der Waals surface area contributed by atoms with E-state index in [0.717, 1.165) is 0 Å². The summed E-state index contributed by atoms with van der Waals surface area (Å²) in [5.41, 5.74) is 0. The molecule has 0 spiro atoms. The van der Waals surface area contributed by atoms with Crippen molar-refractivity contribution < 1.29 is 89.1 Å². The van der Waals surface area contributed by atoms with E-state index in [1.807, 2.05) is 0 Å². The van der Waals surface area contributed by atoms with Crippen LogP contribution in [-0.2, 0) is 89.1 Å². The molecule has 3 radical (unpaired) electrons. The largest absolute Gasteiger partial charge is 0 e. The van der Waals surface area contributed by atoms with Gasteiger partial charge in [0.15, 0.2) is 0 Å². The zero-order valence-electron chi connectivity index (χ0n) is 1.61. The maximum absolute atomic E-state index is 0. The summed E-state index contributed by atoms with van der Waals surface area (Å²) in [4.78, 5) is 0. The molecule has 0 aromatic rings. The van der Waals surface area contributed by atoms with Gasteiger partial charge in [-0.2, -0.15) is 0 Å². The molecule has 0 fully saturated rings. The Morgan fingerprint density at radius 2 is 1.00 bits per heavy atom. The summed E-state index contributed by atoms with van der Waals surface area (Å²) in [6.07, 6.45) is 0. The molecule has 35 valence electrons. The Balaban J connectivity index is 0. The van der Waals surface area contributed by atoms with Gasteiger partial charge >= 0.3 is 0 Å². The zero-order chi connectivity index (χ0) is 0. The van der Waals surface area contributed by atoms with Crippen molar-refractivity contribution in [3.05, 3.63) is 0 Å². The molecule has 0 bridgehead atoms. The third kappa shape index (κ3) is 8.87. The number of hydrogen-bond acceptors (Lipinski definition) is 0. The normalized spacial score (nSPS) is 0. The molecule has 0 aromatic heterocycles. The van der Waals surface area contributed by atoms with E-state index in [2.05, 4.69) is 0 Å². The summed E-state index contributed by atoms with van der Waals surface area (Å²) in [6, 6.07) is 0. The molecular weight excluding hydrogens is 481 g/mol. The van der Waals surface area contributed by atoms with Crippen LogP contribution in [-0.4, -0.2) is 0 Å². The van der Waals surface area contributed by atoms with Gasteiger partial charge in [0.25, 0.3) is 0 Å². The molecule has 0 aromatic carbocycles. The molecule has 0 rings (SSSR count). The predicted molar refractivity (Wildman–Crippen MR) is 0 cm³/mol. The molecule has 0 saturated heterocycles. The Morgan fingerprint density at radius 1 is 1.00 bits per heavy atom. The Morgan fingerprint density at radius 3 is 1.00 bits per heavy atom. The van der Waals surface area contributed by atoms with Crippen LogP contribution in [0.2, 0.25) is 0 Å². The van der Waals surface area contributed by atoms with Crippen molar-refractivity contribution in [3.8, 4) is 0 Å². The van der Waals surface area contributed by atoms with Crippen LogP contribution in [0.5, 0.6) is 0 Å². The molecule has 0 aliphatic heterocycles. The molecule has 0 amide bonds. The van der Waals surface area contributed by atoms with E-state index in [9.17, 15) is 0 Å². The predicted octanol–water partition coefficient (Wildman–Crippen LogP) is -0.0100. The van der Waals surface area contributed by atoms with E-state index < -0.39 is 0 Å². The van der Waals surface area contributed by atoms with Gasteiger partial charge in [-0.1, -0.05) is 0 Å². The van der Waals surface area contributed by atoms with Crippen molar-refractivity contribution in [2.75, 3.05) is 0 Å². The van der Waals surface area contributed by atoms with Crippen molar-refractivity contribution in [2.45, 2.75) is 0 Å². The smallest absolute Gasteiger partial charge is 0 e. The van der Waals surface area contributed by atoms with Gasteiger partial charge in [0.1, 0.15) is 0 Å². The molecule has 0 unspecified atom stereocenters. The molecule has 0 aliphatic carbocycles. The summed E-state index contributed by atoms with van der Waals surface area (Å²) in [6.45, 7) is 0. The topological polar surface area (TPSA) is 0 Å². The van der Waals surface area contributed by atoms with Gasteiger partial charge in [-0.15, -0.1) is 0 Å². The van der Waals surface area contributed by atoms with Crippen LogP contribution >= 0.6 is 0 Å². The Kier molecular flexibility index (Phi) is 119. The molecule has 4 heteroatoms. The Bertz CT molecular complexity index is 8.00. The Labute approximate surface area is 87.5 Å². The van der Waals surface area contributed by atoms with Gasteiger partial charge in [0.05, 0.1) is 0 Å². The molecule has 0 N–H and O–H groups in total. The van der Waals surface area contributed by atoms with Crippen LogP contribution in [0.15, 0.2) is 0 Å². The van der Waals surface area contributed by atoms with Gasteiger partial charge in [0.2, 0.25) is 0 Å². The summed E-state index contributed by atoms with van der Waals surface area (Å²) >= 11 is 0. The van der Waals surface area contributed by atoms with Gasteiger partial charge in [-0.05, 0) is 0 Å². The van der Waals surface area contributed by atoms with E-state index in [4.69, 9.17) is 0 Å². The second-order valence-electron chi connectivity index (χ2n) is 0. The van der Waals surface area contributed by atoms with Crippen molar-refractivity contribution >= 4 is 0 Å². The quantitative estimate of drug-likeness (QED) is 0.428. The molecule has 0 heterocycles. The number of rotatable bonds is 0. The van der Waals surface area contributed by atoms with Crippen molar-refractivity contribution in [1.29, 1.82) is 0 Å². The van der Waals surface area contributed by atoms with Crippen molar-refractivity contribution in [1.82, 2.24) is 0 Å². The fraction of sp³-hybridized carbons (Fsp3) is 0. The van der Waals surface area contributed by atoms with E-state index in [0.29, 0.717) is 0 Å². The van der Waals surface area contributed by atoms with Crippen molar-refractivity contribution in [2.24, 2.45) is 0 Å². The fourth-order valence-electron chi connectivity index (χ4n) is 0. The van der Waals surface area contributed by atoms with E-state index in [1.54, 1.807) is 0 Å². The van der Waals surface area contributed by atoms with Gasteiger partial charge in [0, 0.05) is 89.1 Å².